The van der Waals surface area contributed by atoms with Crippen LogP contribution in [0.3, 0.4) is 0 Å². The third kappa shape index (κ3) is 5.10. The Morgan fingerprint density at radius 2 is 1.46 bits per heavy atom. The van der Waals surface area contributed by atoms with Gasteiger partial charge in [0.1, 0.15) is 6.10 Å². The molecule has 0 bridgehead atoms. The molecule has 1 saturated heterocycles. The van der Waals surface area contributed by atoms with Crippen LogP contribution in [0.4, 0.5) is 0 Å². The number of hydrogen-bond acceptors (Lipinski definition) is 5. The van der Waals surface area contributed by atoms with Gasteiger partial charge in [-0.2, -0.15) is 0 Å². The summed E-state index contributed by atoms with van der Waals surface area (Å²) in [4.78, 5) is 3.03. The molecule has 1 aliphatic heterocycles. The highest BCUT2D eigenvalue weighted by molar-refractivity contribution is 5.14. The Balaban J connectivity index is 1.75. The fourth-order valence-electron chi connectivity index (χ4n) is 3.32. The van der Waals surface area contributed by atoms with Gasteiger partial charge in [-0.05, 0) is 23.6 Å². The van der Waals surface area contributed by atoms with Crippen molar-refractivity contribution in [2.24, 2.45) is 5.11 Å². The van der Waals surface area contributed by atoms with Crippen molar-refractivity contribution in [2.75, 3.05) is 7.11 Å². The molecule has 7 nitrogen and oxygen atoms in total. The third-order valence-electron chi connectivity index (χ3n) is 4.74. The van der Waals surface area contributed by atoms with Gasteiger partial charge < -0.3 is 18.9 Å². The SMILES string of the molecule is CO[C@@H]1OC(C)[C@@H](OCc2ccccc2)C(N=[N+]=[N-])C1OCc1ccccc1. The topological polar surface area (TPSA) is 85.7 Å². The van der Waals surface area contributed by atoms with E-state index in [4.69, 9.17) is 24.5 Å². The van der Waals surface area contributed by atoms with Gasteiger partial charge in [-0.1, -0.05) is 65.8 Å². The van der Waals surface area contributed by atoms with Crippen LogP contribution in [0.15, 0.2) is 65.8 Å². The molecular weight excluding hydrogens is 358 g/mol. The summed E-state index contributed by atoms with van der Waals surface area (Å²) < 4.78 is 23.6. The van der Waals surface area contributed by atoms with Crippen LogP contribution < -0.4 is 0 Å². The van der Waals surface area contributed by atoms with Crippen molar-refractivity contribution in [3.05, 3.63) is 82.2 Å². The van der Waals surface area contributed by atoms with E-state index < -0.39 is 24.5 Å². The van der Waals surface area contributed by atoms with Gasteiger partial charge in [0, 0.05) is 12.0 Å². The Labute approximate surface area is 164 Å². The Hall–Kier alpha value is -2.41. The highest BCUT2D eigenvalue weighted by atomic mass is 16.7. The lowest BCUT2D eigenvalue weighted by atomic mass is 9.97. The van der Waals surface area contributed by atoms with E-state index in [0.717, 1.165) is 11.1 Å². The summed E-state index contributed by atoms with van der Waals surface area (Å²) in [7, 11) is 1.55. The van der Waals surface area contributed by atoms with Gasteiger partial charge in [0.2, 0.25) is 0 Å². The molecular formula is C21H25N3O4. The molecule has 3 rings (SSSR count). The van der Waals surface area contributed by atoms with Crippen LogP contribution in [0, 0.1) is 0 Å². The highest BCUT2D eigenvalue weighted by Crippen LogP contribution is 2.30. The molecule has 2 aromatic rings. The maximum atomic E-state index is 9.14. The summed E-state index contributed by atoms with van der Waals surface area (Å²) >= 11 is 0. The van der Waals surface area contributed by atoms with E-state index >= 15 is 0 Å². The molecule has 0 spiro atoms. The van der Waals surface area contributed by atoms with Crippen molar-refractivity contribution in [3.8, 4) is 0 Å². The van der Waals surface area contributed by atoms with Crippen molar-refractivity contribution >= 4 is 0 Å². The molecule has 7 heteroatoms. The number of nitrogens with zero attached hydrogens (tertiary/aromatic N) is 3. The lowest BCUT2D eigenvalue weighted by Gasteiger charge is -2.43. The van der Waals surface area contributed by atoms with Crippen LogP contribution in [0.5, 0.6) is 0 Å². The monoisotopic (exact) mass is 383 g/mol. The van der Waals surface area contributed by atoms with Crippen molar-refractivity contribution in [1.29, 1.82) is 0 Å². The molecule has 0 aliphatic carbocycles. The second kappa shape index (κ2) is 10.2. The van der Waals surface area contributed by atoms with Gasteiger partial charge in [-0.25, -0.2) is 0 Å². The first-order valence-electron chi connectivity index (χ1n) is 9.26. The fourth-order valence-corrected chi connectivity index (χ4v) is 3.32. The summed E-state index contributed by atoms with van der Waals surface area (Å²) in [6, 6.07) is 19.0. The van der Waals surface area contributed by atoms with E-state index in [1.807, 2.05) is 67.6 Å². The van der Waals surface area contributed by atoms with Crippen LogP contribution >= 0.6 is 0 Å². The first kappa shape index (κ1) is 20.3. The fraction of sp³-hybridized carbons (Fsp3) is 0.429. The highest BCUT2D eigenvalue weighted by Gasteiger charge is 2.45. The summed E-state index contributed by atoms with van der Waals surface area (Å²) in [6.45, 7) is 2.63. The second-order valence-electron chi connectivity index (χ2n) is 6.66. The predicted molar refractivity (Wildman–Crippen MR) is 104 cm³/mol. The Morgan fingerprint density at radius 1 is 0.929 bits per heavy atom. The number of methoxy groups -OCH3 is 1. The molecule has 1 fully saturated rings. The molecule has 0 saturated carbocycles. The average Bonchev–Trinajstić information content (AvgIpc) is 2.74. The molecule has 1 aliphatic rings. The quantitative estimate of drug-likeness (QED) is 0.388. The minimum Gasteiger partial charge on any atom is -0.370 e. The van der Waals surface area contributed by atoms with E-state index in [-0.39, 0.29) is 6.10 Å². The molecule has 1 heterocycles. The minimum atomic E-state index is -0.647. The van der Waals surface area contributed by atoms with Gasteiger partial charge in [0.05, 0.1) is 31.5 Å². The third-order valence-corrected chi connectivity index (χ3v) is 4.74. The van der Waals surface area contributed by atoms with E-state index in [0.29, 0.717) is 13.2 Å². The van der Waals surface area contributed by atoms with Gasteiger partial charge >= 0.3 is 0 Å². The molecule has 2 aromatic carbocycles. The number of benzene rings is 2. The van der Waals surface area contributed by atoms with E-state index in [1.165, 1.54) is 0 Å². The first-order valence-corrected chi connectivity index (χ1v) is 9.26. The van der Waals surface area contributed by atoms with Crippen LogP contribution in [0.25, 0.3) is 10.4 Å². The number of hydrogen-bond donors (Lipinski definition) is 0. The zero-order valence-corrected chi connectivity index (χ0v) is 16.0. The maximum absolute atomic E-state index is 9.14. The normalized spacial score (nSPS) is 27.1. The van der Waals surface area contributed by atoms with Crippen LogP contribution in [-0.2, 0) is 32.2 Å². The smallest absolute Gasteiger partial charge is 0.184 e. The van der Waals surface area contributed by atoms with E-state index in [1.54, 1.807) is 7.11 Å². The average molecular weight is 383 g/mol. The lowest BCUT2D eigenvalue weighted by molar-refractivity contribution is -0.278. The van der Waals surface area contributed by atoms with Crippen molar-refractivity contribution in [2.45, 2.75) is 50.8 Å². The summed E-state index contributed by atoms with van der Waals surface area (Å²) in [5.74, 6) is 0. The standard InChI is InChI=1S/C21H25N3O4/c1-15-19(26-13-16-9-5-3-6-10-16)18(23-24-22)20(21(25-2)28-15)27-14-17-11-7-4-8-12-17/h3-12,15,18-21H,13-14H2,1-2H3/t15?,18?,19-,20?,21-/m1/s1. The number of azide groups is 1. The van der Waals surface area contributed by atoms with Crippen LogP contribution in [0.1, 0.15) is 18.1 Å². The molecule has 0 radical (unpaired) electrons. The van der Waals surface area contributed by atoms with Gasteiger partial charge in [0.15, 0.2) is 6.29 Å². The molecule has 148 valence electrons. The van der Waals surface area contributed by atoms with Crippen molar-refractivity contribution in [3.63, 3.8) is 0 Å². The Bertz CT molecular complexity index is 768. The second-order valence-corrected chi connectivity index (χ2v) is 6.66. The number of ether oxygens (including phenoxy) is 4. The molecule has 0 amide bonds. The van der Waals surface area contributed by atoms with E-state index in [2.05, 4.69) is 10.0 Å². The zero-order valence-electron chi connectivity index (χ0n) is 16.0. The van der Waals surface area contributed by atoms with Crippen LogP contribution in [0.2, 0.25) is 0 Å². The maximum Gasteiger partial charge on any atom is 0.184 e. The molecule has 0 aromatic heterocycles. The van der Waals surface area contributed by atoms with Gasteiger partial charge in [0.25, 0.3) is 0 Å². The molecule has 0 N–H and O–H groups in total. The lowest BCUT2D eigenvalue weighted by Crippen LogP contribution is -2.58. The summed E-state index contributed by atoms with van der Waals surface area (Å²) in [5.41, 5.74) is 11.2. The van der Waals surface area contributed by atoms with Gasteiger partial charge in [-0.15, -0.1) is 0 Å². The largest absolute Gasteiger partial charge is 0.370 e. The Morgan fingerprint density at radius 3 is 1.96 bits per heavy atom. The predicted octanol–water partition coefficient (Wildman–Crippen LogP) is 4.23. The molecule has 28 heavy (non-hydrogen) atoms. The van der Waals surface area contributed by atoms with Gasteiger partial charge in [-0.3, -0.25) is 0 Å². The zero-order chi connectivity index (χ0) is 19.8. The van der Waals surface area contributed by atoms with Crippen LogP contribution in [-0.4, -0.2) is 37.8 Å². The van der Waals surface area contributed by atoms with Crippen molar-refractivity contribution in [1.82, 2.24) is 0 Å². The summed E-state index contributed by atoms with van der Waals surface area (Å²) in [5, 5.41) is 3.99. The molecule has 3 unspecified atom stereocenters. The summed E-state index contributed by atoms with van der Waals surface area (Å²) in [6.07, 6.45) is -2.01. The Kier molecular flexibility index (Phi) is 7.42. The first-order chi connectivity index (χ1) is 13.7. The van der Waals surface area contributed by atoms with Crippen molar-refractivity contribution < 1.29 is 18.9 Å². The number of rotatable bonds is 8. The molecule has 5 atom stereocenters. The minimum absolute atomic E-state index is 0.319. The van der Waals surface area contributed by atoms with E-state index in [9.17, 15) is 0 Å².